The SMILES string of the molecule is Cc1ccc([C@H](C)NC(=S)Nc2ccccc2Cl)cc1C. The third-order valence-electron chi connectivity index (χ3n) is 3.50. The number of benzene rings is 2. The van der Waals surface area contributed by atoms with E-state index >= 15 is 0 Å². The van der Waals surface area contributed by atoms with E-state index in [1.54, 1.807) is 0 Å². The Balaban J connectivity index is 2.02. The van der Waals surface area contributed by atoms with Gasteiger partial charge in [-0.1, -0.05) is 41.9 Å². The molecule has 0 bridgehead atoms. The van der Waals surface area contributed by atoms with Crippen LogP contribution in [0.5, 0.6) is 0 Å². The van der Waals surface area contributed by atoms with Crippen molar-refractivity contribution in [1.29, 1.82) is 0 Å². The standard InChI is InChI=1S/C17H19ClN2S/c1-11-8-9-14(10-12(11)2)13(3)19-17(21)20-16-7-5-4-6-15(16)18/h4-10,13H,1-3H3,(H2,19,20,21)/t13-/m0/s1. The quantitative estimate of drug-likeness (QED) is 0.778. The molecule has 2 aromatic carbocycles. The molecule has 0 unspecified atom stereocenters. The number of rotatable bonds is 3. The van der Waals surface area contributed by atoms with E-state index in [1.165, 1.54) is 16.7 Å². The minimum Gasteiger partial charge on any atom is -0.356 e. The van der Waals surface area contributed by atoms with Gasteiger partial charge in [0.1, 0.15) is 0 Å². The summed E-state index contributed by atoms with van der Waals surface area (Å²) >= 11 is 11.5. The molecule has 0 aliphatic rings. The Morgan fingerprint density at radius 3 is 2.48 bits per heavy atom. The minimum absolute atomic E-state index is 0.131. The van der Waals surface area contributed by atoms with Gasteiger partial charge in [0.15, 0.2) is 5.11 Å². The summed E-state index contributed by atoms with van der Waals surface area (Å²) in [6, 6.07) is 14.1. The predicted molar refractivity (Wildman–Crippen MR) is 95.1 cm³/mol. The molecule has 4 heteroatoms. The van der Waals surface area contributed by atoms with Gasteiger partial charge in [0, 0.05) is 0 Å². The molecule has 2 rings (SSSR count). The van der Waals surface area contributed by atoms with Crippen molar-refractivity contribution in [2.24, 2.45) is 0 Å². The molecular weight excluding hydrogens is 300 g/mol. The normalized spacial score (nSPS) is 11.8. The molecule has 0 fully saturated rings. The first kappa shape index (κ1) is 15.8. The zero-order valence-electron chi connectivity index (χ0n) is 12.4. The Morgan fingerprint density at radius 2 is 1.81 bits per heavy atom. The molecule has 110 valence electrons. The van der Waals surface area contributed by atoms with Crippen LogP contribution < -0.4 is 10.6 Å². The van der Waals surface area contributed by atoms with Crippen molar-refractivity contribution in [2.75, 3.05) is 5.32 Å². The van der Waals surface area contributed by atoms with Crippen LogP contribution >= 0.6 is 23.8 Å². The van der Waals surface area contributed by atoms with E-state index in [9.17, 15) is 0 Å². The van der Waals surface area contributed by atoms with Crippen molar-refractivity contribution in [3.63, 3.8) is 0 Å². The second-order valence-electron chi connectivity index (χ2n) is 5.14. The van der Waals surface area contributed by atoms with Gasteiger partial charge in [0.2, 0.25) is 0 Å². The van der Waals surface area contributed by atoms with Gasteiger partial charge in [-0.2, -0.15) is 0 Å². The number of aryl methyl sites for hydroxylation is 2. The second-order valence-corrected chi connectivity index (χ2v) is 5.96. The highest BCUT2D eigenvalue weighted by Crippen LogP contribution is 2.21. The van der Waals surface area contributed by atoms with Crippen molar-refractivity contribution in [3.8, 4) is 0 Å². The van der Waals surface area contributed by atoms with Crippen LogP contribution in [-0.2, 0) is 0 Å². The molecule has 0 amide bonds. The number of anilines is 1. The number of nitrogens with one attached hydrogen (secondary N) is 2. The summed E-state index contributed by atoms with van der Waals surface area (Å²) in [5, 5.41) is 7.62. The van der Waals surface area contributed by atoms with E-state index < -0.39 is 0 Å². The van der Waals surface area contributed by atoms with Crippen molar-refractivity contribution in [1.82, 2.24) is 5.32 Å². The highest BCUT2D eigenvalue weighted by molar-refractivity contribution is 7.80. The maximum absolute atomic E-state index is 6.11. The summed E-state index contributed by atoms with van der Waals surface area (Å²) < 4.78 is 0. The van der Waals surface area contributed by atoms with E-state index in [0.717, 1.165) is 5.69 Å². The monoisotopic (exact) mass is 318 g/mol. The zero-order chi connectivity index (χ0) is 15.4. The Morgan fingerprint density at radius 1 is 1.10 bits per heavy atom. The molecule has 0 saturated carbocycles. The van der Waals surface area contributed by atoms with Gasteiger partial charge < -0.3 is 10.6 Å². The van der Waals surface area contributed by atoms with Crippen LogP contribution in [0, 0.1) is 13.8 Å². The van der Waals surface area contributed by atoms with Crippen LogP contribution in [0.15, 0.2) is 42.5 Å². The lowest BCUT2D eigenvalue weighted by Crippen LogP contribution is -2.31. The van der Waals surface area contributed by atoms with E-state index in [1.807, 2.05) is 24.3 Å². The molecule has 2 nitrogen and oxygen atoms in total. The first-order valence-electron chi connectivity index (χ1n) is 6.86. The molecule has 0 aliphatic heterocycles. The summed E-state index contributed by atoms with van der Waals surface area (Å²) in [6.45, 7) is 6.32. The van der Waals surface area contributed by atoms with Crippen LogP contribution in [0.2, 0.25) is 5.02 Å². The average molecular weight is 319 g/mol. The van der Waals surface area contributed by atoms with Crippen molar-refractivity contribution >= 4 is 34.6 Å². The van der Waals surface area contributed by atoms with Gasteiger partial charge in [0.05, 0.1) is 16.8 Å². The highest BCUT2D eigenvalue weighted by atomic mass is 35.5. The average Bonchev–Trinajstić information content (AvgIpc) is 2.44. The second kappa shape index (κ2) is 6.92. The first-order valence-corrected chi connectivity index (χ1v) is 7.65. The summed E-state index contributed by atoms with van der Waals surface area (Å²) in [4.78, 5) is 0. The summed E-state index contributed by atoms with van der Waals surface area (Å²) in [5.41, 5.74) is 4.60. The Kier molecular flexibility index (Phi) is 5.21. The lowest BCUT2D eigenvalue weighted by atomic mass is 10.0. The molecule has 2 aromatic rings. The van der Waals surface area contributed by atoms with Gasteiger partial charge in [-0.15, -0.1) is 0 Å². The molecular formula is C17H19ClN2S. The predicted octanol–water partition coefficient (Wildman–Crippen LogP) is 5.00. The molecule has 0 saturated heterocycles. The minimum atomic E-state index is 0.131. The number of para-hydroxylation sites is 1. The van der Waals surface area contributed by atoms with Crippen LogP contribution in [0.25, 0.3) is 0 Å². The molecule has 21 heavy (non-hydrogen) atoms. The smallest absolute Gasteiger partial charge is 0.171 e. The largest absolute Gasteiger partial charge is 0.356 e. The fourth-order valence-electron chi connectivity index (χ4n) is 2.03. The van der Waals surface area contributed by atoms with Gasteiger partial charge in [-0.05, 0) is 61.8 Å². The van der Waals surface area contributed by atoms with Crippen LogP contribution in [0.4, 0.5) is 5.69 Å². The van der Waals surface area contributed by atoms with Crippen LogP contribution in [0.1, 0.15) is 29.7 Å². The van der Waals surface area contributed by atoms with Gasteiger partial charge >= 0.3 is 0 Å². The molecule has 0 heterocycles. The lowest BCUT2D eigenvalue weighted by Gasteiger charge is -2.18. The third-order valence-corrected chi connectivity index (χ3v) is 4.05. The van der Waals surface area contributed by atoms with Crippen molar-refractivity contribution < 1.29 is 0 Å². The van der Waals surface area contributed by atoms with Gasteiger partial charge in [-0.3, -0.25) is 0 Å². The molecule has 0 aromatic heterocycles. The highest BCUT2D eigenvalue weighted by Gasteiger charge is 2.09. The Bertz CT molecular complexity index is 655. The zero-order valence-corrected chi connectivity index (χ0v) is 14.0. The first-order chi connectivity index (χ1) is 9.97. The molecule has 0 radical (unpaired) electrons. The van der Waals surface area contributed by atoms with Gasteiger partial charge in [-0.25, -0.2) is 0 Å². The van der Waals surface area contributed by atoms with Crippen molar-refractivity contribution in [2.45, 2.75) is 26.8 Å². The number of hydrogen-bond donors (Lipinski definition) is 2. The van der Waals surface area contributed by atoms with Gasteiger partial charge in [0.25, 0.3) is 0 Å². The lowest BCUT2D eigenvalue weighted by molar-refractivity contribution is 0.721. The summed E-state index contributed by atoms with van der Waals surface area (Å²) in [7, 11) is 0. The number of halogens is 1. The van der Waals surface area contributed by atoms with Crippen LogP contribution in [-0.4, -0.2) is 5.11 Å². The number of hydrogen-bond acceptors (Lipinski definition) is 1. The van der Waals surface area contributed by atoms with E-state index in [4.69, 9.17) is 23.8 Å². The molecule has 2 N–H and O–H groups in total. The van der Waals surface area contributed by atoms with E-state index in [0.29, 0.717) is 10.1 Å². The van der Waals surface area contributed by atoms with E-state index in [-0.39, 0.29) is 6.04 Å². The molecule has 1 atom stereocenters. The van der Waals surface area contributed by atoms with Crippen LogP contribution in [0.3, 0.4) is 0 Å². The molecule has 0 aliphatic carbocycles. The summed E-state index contributed by atoms with van der Waals surface area (Å²) in [5.74, 6) is 0. The Labute approximate surface area is 136 Å². The summed E-state index contributed by atoms with van der Waals surface area (Å²) in [6.07, 6.45) is 0. The fourth-order valence-corrected chi connectivity index (χ4v) is 2.50. The molecule has 0 spiro atoms. The number of thiocarbonyl (C=S) groups is 1. The van der Waals surface area contributed by atoms with E-state index in [2.05, 4.69) is 49.6 Å². The maximum Gasteiger partial charge on any atom is 0.171 e. The fraction of sp³-hybridized carbons (Fsp3) is 0.235. The maximum atomic E-state index is 6.11. The van der Waals surface area contributed by atoms with Crippen molar-refractivity contribution in [3.05, 3.63) is 64.2 Å². The Hall–Kier alpha value is -1.58. The third kappa shape index (κ3) is 4.19. The topological polar surface area (TPSA) is 24.1 Å².